The Hall–Kier alpha value is -1.15. The van der Waals surface area contributed by atoms with Gasteiger partial charge in [-0.3, -0.25) is 14.2 Å². The summed E-state index contributed by atoms with van der Waals surface area (Å²) in [6.07, 6.45) is 0.708. The third-order valence-corrected chi connectivity index (χ3v) is 4.87. The van der Waals surface area contributed by atoms with Crippen molar-refractivity contribution in [1.29, 1.82) is 0 Å². The predicted molar refractivity (Wildman–Crippen MR) is 140 cm³/mol. The summed E-state index contributed by atoms with van der Waals surface area (Å²) in [4.78, 5) is 35.9. The molecule has 1 amide bonds. The summed E-state index contributed by atoms with van der Waals surface area (Å²) in [6.45, 7) is 3.94. The quantitative estimate of drug-likeness (QED) is 0.265. The van der Waals surface area contributed by atoms with Gasteiger partial charge in [0.25, 0.3) is 0 Å². The maximum atomic E-state index is 11.9. The van der Waals surface area contributed by atoms with Gasteiger partial charge in [0, 0.05) is 22.8 Å². The molecule has 1 atom stereocenters. The Balaban J connectivity index is 0. The number of nitrogens with two attached hydrogens (primary N) is 1. The number of nitrogens with one attached hydrogen (secondary N) is 2. The monoisotopic (exact) mass is 639 g/mol. The standard InChI is InChI=1S/C20H18Cl2N4O2.C2H7N.CH2O.CH3.Cs/c1-12(18(23)28)10-24-19-17(11-27)26(14-8-6-13(21)7-9-14)20(25-19)15-4-2-3-5-16(15)22;1-3-2;1-2;;/h2-9,11-12,24H,10H2,1H3,(H2,23,28);3H,1-2H3;1H2;1H3;/q;;;-1;+1/t12-;;;;/m0..../s1. The van der Waals surface area contributed by atoms with Gasteiger partial charge in [-0.15, -0.1) is 0 Å². The van der Waals surface area contributed by atoms with Crippen LogP contribution >= 0.6 is 23.2 Å². The second kappa shape index (κ2) is 19.0. The van der Waals surface area contributed by atoms with E-state index in [0.717, 1.165) is 0 Å². The molecule has 0 aliphatic carbocycles. The van der Waals surface area contributed by atoms with Crippen molar-refractivity contribution in [3.63, 3.8) is 0 Å². The van der Waals surface area contributed by atoms with Crippen molar-refractivity contribution in [3.8, 4) is 17.1 Å². The van der Waals surface area contributed by atoms with Gasteiger partial charge < -0.3 is 28.6 Å². The predicted octanol–water partition coefficient (Wildman–Crippen LogP) is 1.30. The zero-order valence-electron chi connectivity index (χ0n) is 20.6. The van der Waals surface area contributed by atoms with Gasteiger partial charge in [-0.1, -0.05) is 42.3 Å². The van der Waals surface area contributed by atoms with Gasteiger partial charge in [0.15, 0.2) is 12.1 Å². The van der Waals surface area contributed by atoms with E-state index < -0.39 is 11.8 Å². The molecule has 0 spiro atoms. The number of carbonyl (C=O) groups is 3. The first kappa shape index (κ1) is 36.0. The van der Waals surface area contributed by atoms with E-state index in [1.54, 1.807) is 41.8 Å². The van der Waals surface area contributed by atoms with Crippen molar-refractivity contribution >= 4 is 48.0 Å². The molecule has 3 aromatic rings. The number of halogens is 2. The molecule has 1 heterocycles. The SMILES string of the molecule is C=O.CNC.C[C@@H](CNc1nc(-c2ccccc2Cl)n(-c2ccc(Cl)cc2)c1C=O)C(N)=O.[CH3-].[Cs+]. The van der Waals surface area contributed by atoms with Gasteiger partial charge in [0.1, 0.15) is 18.3 Å². The van der Waals surface area contributed by atoms with E-state index in [4.69, 9.17) is 33.7 Å². The van der Waals surface area contributed by atoms with Crippen molar-refractivity contribution in [1.82, 2.24) is 14.9 Å². The molecule has 8 nitrogen and oxygen atoms in total. The van der Waals surface area contributed by atoms with Crippen LogP contribution in [0.1, 0.15) is 17.4 Å². The maximum absolute atomic E-state index is 11.9. The molecule has 0 aliphatic heterocycles. The van der Waals surface area contributed by atoms with Crippen molar-refractivity contribution in [2.45, 2.75) is 6.92 Å². The molecular weight excluding hydrogens is 610 g/mol. The minimum atomic E-state index is -0.441. The molecule has 0 unspecified atom stereocenters. The van der Waals surface area contributed by atoms with E-state index in [1.165, 1.54) is 0 Å². The van der Waals surface area contributed by atoms with Gasteiger partial charge in [-0.2, -0.15) is 0 Å². The number of benzene rings is 2. The molecule has 0 aliphatic rings. The second-order valence-electron chi connectivity index (χ2n) is 6.76. The van der Waals surface area contributed by atoms with Gasteiger partial charge >= 0.3 is 68.9 Å². The Bertz CT molecular complexity index is 1060. The average molecular weight is 640 g/mol. The van der Waals surface area contributed by atoms with Gasteiger partial charge in [0.2, 0.25) is 5.91 Å². The molecule has 11 heteroatoms. The van der Waals surface area contributed by atoms with Crippen molar-refractivity contribution in [2.75, 3.05) is 26.0 Å². The van der Waals surface area contributed by atoms with E-state index in [9.17, 15) is 9.59 Å². The zero-order chi connectivity index (χ0) is 25.0. The molecular formula is C24H30Cl2CsN5O3. The number of aromatic nitrogens is 2. The van der Waals surface area contributed by atoms with Crippen molar-refractivity contribution in [3.05, 3.63) is 71.7 Å². The van der Waals surface area contributed by atoms with Gasteiger partial charge in [-0.25, -0.2) is 4.98 Å². The van der Waals surface area contributed by atoms with Crippen LogP contribution in [0.4, 0.5) is 5.82 Å². The van der Waals surface area contributed by atoms with Gasteiger partial charge in [-0.05, 0) is 50.5 Å². The first-order valence-corrected chi connectivity index (χ1v) is 10.6. The molecule has 4 N–H and O–H groups in total. The van der Waals surface area contributed by atoms with Crippen LogP contribution in [0.25, 0.3) is 17.1 Å². The summed E-state index contributed by atoms with van der Waals surface area (Å²) in [5.74, 6) is -0.0372. The van der Waals surface area contributed by atoms with Crippen molar-refractivity contribution in [2.24, 2.45) is 11.7 Å². The first-order chi connectivity index (χ1) is 15.8. The topological polar surface area (TPSA) is 119 Å². The molecule has 0 bridgehead atoms. The molecule has 0 fully saturated rings. The summed E-state index contributed by atoms with van der Waals surface area (Å²) in [5, 5.41) is 6.86. The van der Waals surface area contributed by atoms with Crippen LogP contribution in [-0.2, 0) is 9.59 Å². The normalized spacial score (nSPS) is 10.1. The number of hydrogen-bond acceptors (Lipinski definition) is 6. The number of primary amides is 1. The molecule has 3 rings (SSSR count). The molecule has 184 valence electrons. The molecule has 0 radical (unpaired) electrons. The fraction of sp³-hybridized carbons (Fsp3) is 0.208. The molecule has 0 saturated heterocycles. The number of nitrogens with zero attached hydrogens (tertiary/aromatic N) is 2. The Kier molecular flexibility index (Phi) is 19.6. The molecule has 0 saturated carbocycles. The van der Waals surface area contributed by atoms with Crippen LogP contribution in [0.5, 0.6) is 0 Å². The summed E-state index contributed by atoms with van der Waals surface area (Å²) in [5.41, 5.74) is 6.98. The first-order valence-electron chi connectivity index (χ1n) is 9.83. The number of carbonyl (C=O) groups excluding carboxylic acids is 3. The molecule has 35 heavy (non-hydrogen) atoms. The van der Waals surface area contributed by atoms with E-state index >= 15 is 0 Å². The van der Waals surface area contributed by atoms with Crippen LogP contribution in [0.2, 0.25) is 10.0 Å². The maximum Gasteiger partial charge on any atom is 1.00 e. The van der Waals surface area contributed by atoms with E-state index in [2.05, 4.69) is 15.6 Å². The van der Waals surface area contributed by atoms with Crippen LogP contribution in [0.3, 0.4) is 0 Å². The summed E-state index contributed by atoms with van der Waals surface area (Å²) < 4.78 is 1.70. The molecule has 1 aromatic heterocycles. The van der Waals surface area contributed by atoms with Gasteiger partial charge in [0.05, 0.1) is 10.9 Å². The average Bonchev–Trinajstić information content (AvgIpc) is 3.18. The summed E-state index contributed by atoms with van der Waals surface area (Å²) >= 11 is 12.4. The Morgan fingerprint density at radius 1 is 1.14 bits per heavy atom. The third-order valence-electron chi connectivity index (χ3n) is 4.29. The number of imidazole rings is 1. The molecule has 2 aromatic carbocycles. The summed E-state index contributed by atoms with van der Waals surface area (Å²) in [6, 6.07) is 14.2. The number of hydrogen-bond donors (Lipinski definition) is 3. The second-order valence-corrected chi connectivity index (χ2v) is 7.61. The fourth-order valence-electron chi connectivity index (χ4n) is 2.70. The Morgan fingerprint density at radius 2 is 1.69 bits per heavy atom. The number of amides is 1. The smallest absolute Gasteiger partial charge is 0.369 e. The van der Waals surface area contributed by atoms with E-state index in [0.29, 0.717) is 44.9 Å². The third kappa shape index (κ3) is 10.4. The van der Waals surface area contributed by atoms with E-state index in [-0.39, 0.29) is 82.9 Å². The number of anilines is 1. The van der Waals surface area contributed by atoms with Crippen LogP contribution in [0, 0.1) is 13.3 Å². The van der Waals surface area contributed by atoms with Crippen LogP contribution in [0.15, 0.2) is 48.5 Å². The summed E-state index contributed by atoms with van der Waals surface area (Å²) in [7, 11) is 3.75. The van der Waals surface area contributed by atoms with Crippen molar-refractivity contribution < 1.29 is 83.3 Å². The number of aldehydes is 1. The largest absolute Gasteiger partial charge is 1.00 e. The van der Waals surface area contributed by atoms with Crippen LogP contribution in [-0.4, -0.2) is 49.2 Å². The minimum Gasteiger partial charge on any atom is -0.369 e. The van der Waals surface area contributed by atoms with Crippen LogP contribution < -0.4 is 85.3 Å². The minimum absolute atomic E-state index is 0. The number of rotatable bonds is 7. The fourth-order valence-corrected chi connectivity index (χ4v) is 3.04. The zero-order valence-corrected chi connectivity index (χ0v) is 28.4. The Morgan fingerprint density at radius 3 is 2.17 bits per heavy atom. The Labute approximate surface area is 275 Å². The van der Waals surface area contributed by atoms with E-state index in [1.807, 2.05) is 39.1 Å².